The zero-order chi connectivity index (χ0) is 12.6. The topological polar surface area (TPSA) is 43.4 Å². The lowest BCUT2D eigenvalue weighted by Crippen LogP contribution is -2.41. The minimum atomic E-state index is -1.04. The lowest BCUT2D eigenvalue weighted by molar-refractivity contribution is -0.149. The Labute approximate surface area is 108 Å². The van der Waals surface area contributed by atoms with Crippen molar-refractivity contribution in [3.8, 4) is 0 Å². The van der Waals surface area contributed by atoms with Gasteiger partial charge in [-0.3, -0.25) is 9.59 Å². The highest BCUT2D eigenvalue weighted by Gasteiger charge is 2.45. The van der Waals surface area contributed by atoms with Gasteiger partial charge in [-0.25, -0.2) is 0 Å². The second kappa shape index (κ2) is 4.26. The van der Waals surface area contributed by atoms with E-state index in [1.807, 2.05) is 12.1 Å². The molecule has 0 amide bonds. The fraction of sp³-hybridized carbons (Fsp3) is 0.385. The van der Waals surface area contributed by atoms with Crippen molar-refractivity contribution in [2.45, 2.75) is 19.8 Å². The molecule has 17 heavy (non-hydrogen) atoms. The Morgan fingerprint density at radius 3 is 2.82 bits per heavy atom. The van der Waals surface area contributed by atoms with E-state index in [9.17, 15) is 9.59 Å². The number of fused-ring (bicyclic) bond motifs is 1. The van der Waals surface area contributed by atoms with Crippen molar-refractivity contribution in [1.82, 2.24) is 0 Å². The van der Waals surface area contributed by atoms with Gasteiger partial charge in [0, 0.05) is 10.0 Å². The van der Waals surface area contributed by atoms with Crippen LogP contribution in [-0.2, 0) is 16.0 Å². The van der Waals surface area contributed by atoms with Gasteiger partial charge in [-0.1, -0.05) is 28.1 Å². The number of halogens is 1. The molecule has 1 unspecified atom stereocenters. The minimum absolute atomic E-state index is 0.146. The molecule has 0 fully saturated rings. The van der Waals surface area contributed by atoms with Crippen LogP contribution in [0.25, 0.3) is 0 Å². The molecule has 2 rings (SSSR count). The zero-order valence-electron chi connectivity index (χ0n) is 9.75. The zero-order valence-corrected chi connectivity index (χ0v) is 11.3. The molecule has 1 aliphatic carbocycles. The standard InChI is InChI=1S/C13H13BrO3/c1-13(12(16)17-2)7-6-8-9(11(13)15)4-3-5-10(8)14/h3-5H,6-7H2,1-2H3. The van der Waals surface area contributed by atoms with Crippen molar-refractivity contribution in [3.63, 3.8) is 0 Å². The van der Waals surface area contributed by atoms with Gasteiger partial charge in [-0.2, -0.15) is 0 Å². The highest BCUT2D eigenvalue weighted by Crippen LogP contribution is 2.38. The number of hydrogen-bond acceptors (Lipinski definition) is 3. The molecule has 1 aromatic carbocycles. The average Bonchev–Trinajstić information content (AvgIpc) is 2.33. The third-order valence-corrected chi connectivity index (χ3v) is 4.12. The molecule has 1 aliphatic rings. The summed E-state index contributed by atoms with van der Waals surface area (Å²) in [6.07, 6.45) is 1.20. The van der Waals surface area contributed by atoms with Crippen LogP contribution in [0.4, 0.5) is 0 Å². The number of hydrogen-bond donors (Lipinski definition) is 0. The molecule has 0 spiro atoms. The van der Waals surface area contributed by atoms with E-state index >= 15 is 0 Å². The molecule has 1 aromatic rings. The van der Waals surface area contributed by atoms with Crippen LogP contribution in [0.2, 0.25) is 0 Å². The Hall–Kier alpha value is -1.16. The predicted molar refractivity (Wildman–Crippen MR) is 66.9 cm³/mol. The molecule has 0 aliphatic heterocycles. The molecule has 0 aromatic heterocycles. The van der Waals surface area contributed by atoms with E-state index in [0.717, 1.165) is 10.0 Å². The number of ketones is 1. The van der Waals surface area contributed by atoms with Crippen LogP contribution < -0.4 is 0 Å². The maximum Gasteiger partial charge on any atom is 0.319 e. The number of carbonyl (C=O) groups is 2. The normalized spacial score (nSPS) is 23.1. The average molecular weight is 297 g/mol. The number of ether oxygens (including phenoxy) is 1. The van der Waals surface area contributed by atoms with Crippen LogP contribution in [0.5, 0.6) is 0 Å². The van der Waals surface area contributed by atoms with E-state index in [1.54, 1.807) is 13.0 Å². The van der Waals surface area contributed by atoms with Crippen LogP contribution >= 0.6 is 15.9 Å². The minimum Gasteiger partial charge on any atom is -0.468 e. The number of carbonyl (C=O) groups excluding carboxylic acids is 2. The molecular weight excluding hydrogens is 284 g/mol. The third-order valence-electron chi connectivity index (χ3n) is 3.38. The highest BCUT2D eigenvalue weighted by atomic mass is 79.9. The summed E-state index contributed by atoms with van der Waals surface area (Å²) in [5.41, 5.74) is 0.570. The number of benzene rings is 1. The molecule has 0 N–H and O–H groups in total. The summed E-state index contributed by atoms with van der Waals surface area (Å²) in [6.45, 7) is 1.66. The molecule has 0 heterocycles. The van der Waals surface area contributed by atoms with Crippen molar-refractivity contribution in [3.05, 3.63) is 33.8 Å². The second-order valence-corrected chi connectivity index (χ2v) is 5.27. The quantitative estimate of drug-likeness (QED) is 0.591. The maximum atomic E-state index is 12.4. The van der Waals surface area contributed by atoms with E-state index < -0.39 is 11.4 Å². The summed E-state index contributed by atoms with van der Waals surface area (Å²) in [7, 11) is 1.32. The molecule has 90 valence electrons. The maximum absolute atomic E-state index is 12.4. The number of rotatable bonds is 1. The van der Waals surface area contributed by atoms with E-state index in [-0.39, 0.29) is 5.78 Å². The van der Waals surface area contributed by atoms with Gasteiger partial charge in [0.05, 0.1) is 7.11 Å². The van der Waals surface area contributed by atoms with Gasteiger partial charge in [0.15, 0.2) is 5.78 Å². The summed E-state index contributed by atoms with van der Waals surface area (Å²) in [5, 5.41) is 0. The first-order chi connectivity index (χ1) is 8.00. The molecule has 1 atom stereocenters. The summed E-state index contributed by atoms with van der Waals surface area (Å²) in [4.78, 5) is 24.1. The molecule has 3 nitrogen and oxygen atoms in total. The van der Waals surface area contributed by atoms with Crippen LogP contribution in [-0.4, -0.2) is 18.9 Å². The first-order valence-electron chi connectivity index (χ1n) is 5.41. The lowest BCUT2D eigenvalue weighted by Gasteiger charge is -2.31. The summed E-state index contributed by atoms with van der Waals surface area (Å²) in [6, 6.07) is 5.49. The van der Waals surface area contributed by atoms with E-state index in [0.29, 0.717) is 18.4 Å². The van der Waals surface area contributed by atoms with Crippen molar-refractivity contribution in [2.75, 3.05) is 7.11 Å². The molecule has 4 heteroatoms. The largest absolute Gasteiger partial charge is 0.468 e. The number of methoxy groups -OCH3 is 1. The Bertz CT molecular complexity index is 495. The fourth-order valence-electron chi connectivity index (χ4n) is 2.23. The summed E-state index contributed by atoms with van der Waals surface area (Å²) >= 11 is 3.43. The summed E-state index contributed by atoms with van der Waals surface area (Å²) in [5.74, 6) is -0.597. The first-order valence-corrected chi connectivity index (χ1v) is 6.20. The Kier molecular flexibility index (Phi) is 3.08. The summed E-state index contributed by atoms with van der Waals surface area (Å²) < 4.78 is 5.66. The van der Waals surface area contributed by atoms with Gasteiger partial charge in [0.25, 0.3) is 0 Å². The third kappa shape index (κ3) is 1.80. The van der Waals surface area contributed by atoms with Crippen LogP contribution in [0.3, 0.4) is 0 Å². The highest BCUT2D eigenvalue weighted by molar-refractivity contribution is 9.10. The van der Waals surface area contributed by atoms with Crippen molar-refractivity contribution in [1.29, 1.82) is 0 Å². The molecule has 0 radical (unpaired) electrons. The molecular formula is C13H13BrO3. The first kappa shape index (κ1) is 12.3. The van der Waals surface area contributed by atoms with Crippen molar-refractivity contribution >= 4 is 27.7 Å². The van der Waals surface area contributed by atoms with E-state index in [1.165, 1.54) is 7.11 Å². The van der Waals surface area contributed by atoms with Gasteiger partial charge < -0.3 is 4.74 Å². The van der Waals surface area contributed by atoms with Gasteiger partial charge in [-0.05, 0) is 31.4 Å². The monoisotopic (exact) mass is 296 g/mol. The smallest absolute Gasteiger partial charge is 0.319 e. The second-order valence-electron chi connectivity index (χ2n) is 4.42. The SMILES string of the molecule is COC(=O)C1(C)CCc2c(Br)cccc2C1=O. The van der Waals surface area contributed by atoms with Gasteiger partial charge >= 0.3 is 5.97 Å². The Balaban J connectivity index is 2.50. The van der Waals surface area contributed by atoms with E-state index in [4.69, 9.17) is 4.74 Å². The lowest BCUT2D eigenvalue weighted by atomic mass is 9.72. The van der Waals surface area contributed by atoms with E-state index in [2.05, 4.69) is 15.9 Å². The van der Waals surface area contributed by atoms with Gasteiger partial charge in [0.1, 0.15) is 5.41 Å². The number of esters is 1. The van der Waals surface area contributed by atoms with Crippen LogP contribution in [0, 0.1) is 5.41 Å². The predicted octanol–water partition coefficient (Wildman–Crippen LogP) is 2.76. The molecule has 0 bridgehead atoms. The van der Waals surface area contributed by atoms with Crippen molar-refractivity contribution in [2.24, 2.45) is 5.41 Å². The molecule has 0 saturated heterocycles. The van der Waals surface area contributed by atoms with Gasteiger partial charge in [0.2, 0.25) is 0 Å². The Morgan fingerprint density at radius 2 is 2.18 bits per heavy atom. The fourth-order valence-corrected chi connectivity index (χ4v) is 2.80. The number of Topliss-reactive ketones (excluding diaryl/α,β-unsaturated/α-hetero) is 1. The van der Waals surface area contributed by atoms with Crippen LogP contribution in [0.1, 0.15) is 29.3 Å². The van der Waals surface area contributed by atoms with Crippen molar-refractivity contribution < 1.29 is 14.3 Å². The van der Waals surface area contributed by atoms with Crippen LogP contribution in [0.15, 0.2) is 22.7 Å². The Morgan fingerprint density at radius 1 is 1.47 bits per heavy atom. The molecule has 0 saturated carbocycles. The van der Waals surface area contributed by atoms with Gasteiger partial charge in [-0.15, -0.1) is 0 Å².